The topological polar surface area (TPSA) is 73.6 Å². The number of rotatable bonds is 6. The molecule has 0 atom stereocenters. The molecule has 0 aliphatic rings. The predicted octanol–water partition coefficient (Wildman–Crippen LogP) is 2.11. The SMILES string of the molecule is COc1cc(/C=C/C(=O)O)ccc1OCc1ccn(C)n1. The van der Waals surface area contributed by atoms with Gasteiger partial charge in [-0.15, -0.1) is 0 Å². The van der Waals surface area contributed by atoms with E-state index in [2.05, 4.69) is 5.10 Å². The molecule has 1 N–H and O–H groups in total. The summed E-state index contributed by atoms with van der Waals surface area (Å²) in [5.41, 5.74) is 1.54. The fraction of sp³-hybridized carbons (Fsp3) is 0.200. The molecule has 0 aliphatic heterocycles. The summed E-state index contributed by atoms with van der Waals surface area (Å²) >= 11 is 0. The summed E-state index contributed by atoms with van der Waals surface area (Å²) in [6, 6.07) is 7.09. The van der Waals surface area contributed by atoms with Gasteiger partial charge in [0.1, 0.15) is 6.61 Å². The Bertz CT molecular complexity index is 661. The third-order valence-corrected chi connectivity index (χ3v) is 2.75. The maximum Gasteiger partial charge on any atom is 0.328 e. The van der Waals surface area contributed by atoms with Crippen LogP contribution in [0.15, 0.2) is 36.5 Å². The van der Waals surface area contributed by atoms with Crippen LogP contribution < -0.4 is 9.47 Å². The van der Waals surface area contributed by atoms with Crippen molar-refractivity contribution in [2.45, 2.75) is 6.61 Å². The Balaban J connectivity index is 2.10. The zero-order valence-corrected chi connectivity index (χ0v) is 11.8. The maximum absolute atomic E-state index is 10.5. The molecule has 6 nitrogen and oxygen atoms in total. The number of carbonyl (C=O) groups is 1. The number of ether oxygens (including phenoxy) is 2. The summed E-state index contributed by atoms with van der Waals surface area (Å²) in [6.45, 7) is 0.335. The minimum atomic E-state index is -0.996. The molecular formula is C15H16N2O4. The fourth-order valence-corrected chi connectivity index (χ4v) is 1.77. The highest BCUT2D eigenvalue weighted by Gasteiger charge is 2.06. The van der Waals surface area contributed by atoms with E-state index >= 15 is 0 Å². The standard InChI is InChI=1S/C15H16N2O4/c1-17-8-7-12(16-17)10-21-13-5-3-11(4-6-15(18)19)9-14(13)20-2/h3-9H,10H2,1-2H3,(H,18,19)/b6-4+. The number of hydrogen-bond acceptors (Lipinski definition) is 4. The van der Waals surface area contributed by atoms with Gasteiger partial charge in [0.25, 0.3) is 0 Å². The lowest BCUT2D eigenvalue weighted by Crippen LogP contribution is -1.99. The van der Waals surface area contributed by atoms with Crippen LogP contribution in [0.4, 0.5) is 0 Å². The molecule has 0 saturated heterocycles. The second-order valence-corrected chi connectivity index (χ2v) is 4.35. The molecule has 0 bridgehead atoms. The number of carboxylic acids is 1. The van der Waals surface area contributed by atoms with Crippen molar-refractivity contribution in [3.63, 3.8) is 0 Å². The predicted molar refractivity (Wildman–Crippen MR) is 77.2 cm³/mol. The summed E-state index contributed by atoms with van der Waals surface area (Å²) in [7, 11) is 3.38. The first-order valence-corrected chi connectivity index (χ1v) is 6.29. The molecule has 1 aromatic heterocycles. The van der Waals surface area contributed by atoms with Crippen molar-refractivity contribution < 1.29 is 19.4 Å². The van der Waals surface area contributed by atoms with Gasteiger partial charge >= 0.3 is 5.97 Å². The van der Waals surface area contributed by atoms with E-state index in [9.17, 15) is 4.79 Å². The molecule has 2 aromatic rings. The van der Waals surface area contributed by atoms with E-state index in [1.54, 1.807) is 22.9 Å². The van der Waals surface area contributed by atoms with Crippen LogP contribution in [0.2, 0.25) is 0 Å². The Labute approximate surface area is 122 Å². The number of benzene rings is 1. The van der Waals surface area contributed by atoms with Crippen molar-refractivity contribution in [2.24, 2.45) is 7.05 Å². The molecule has 110 valence electrons. The Kier molecular flexibility index (Phi) is 4.61. The van der Waals surface area contributed by atoms with E-state index in [4.69, 9.17) is 14.6 Å². The zero-order chi connectivity index (χ0) is 15.2. The average molecular weight is 288 g/mol. The molecule has 0 radical (unpaired) electrons. The van der Waals surface area contributed by atoms with Crippen LogP contribution in [0.1, 0.15) is 11.3 Å². The van der Waals surface area contributed by atoms with E-state index in [1.807, 2.05) is 19.3 Å². The highest BCUT2D eigenvalue weighted by molar-refractivity contribution is 5.85. The van der Waals surface area contributed by atoms with E-state index in [0.29, 0.717) is 18.1 Å². The Morgan fingerprint density at radius 3 is 2.81 bits per heavy atom. The van der Waals surface area contributed by atoms with E-state index in [-0.39, 0.29) is 0 Å². The van der Waals surface area contributed by atoms with Gasteiger partial charge < -0.3 is 14.6 Å². The molecule has 0 unspecified atom stereocenters. The third kappa shape index (κ3) is 4.10. The van der Waals surface area contributed by atoms with Crippen LogP contribution >= 0.6 is 0 Å². The molecule has 1 heterocycles. The van der Waals surface area contributed by atoms with Crippen LogP contribution in [-0.2, 0) is 18.4 Å². The van der Waals surface area contributed by atoms with Crippen LogP contribution in [0, 0.1) is 0 Å². The molecule has 0 amide bonds. The van der Waals surface area contributed by atoms with Crippen LogP contribution in [0.3, 0.4) is 0 Å². The summed E-state index contributed by atoms with van der Waals surface area (Å²) in [4.78, 5) is 10.5. The normalized spacial score (nSPS) is 10.8. The minimum Gasteiger partial charge on any atom is -0.493 e. The number of aryl methyl sites for hydroxylation is 1. The number of hydrogen-bond donors (Lipinski definition) is 1. The van der Waals surface area contributed by atoms with Gasteiger partial charge in [-0.1, -0.05) is 6.07 Å². The molecule has 0 aliphatic carbocycles. The van der Waals surface area contributed by atoms with Crippen molar-refractivity contribution in [3.05, 3.63) is 47.8 Å². The number of nitrogens with zero attached hydrogens (tertiary/aromatic N) is 2. The molecule has 21 heavy (non-hydrogen) atoms. The Hall–Kier alpha value is -2.76. The van der Waals surface area contributed by atoms with Gasteiger partial charge in [0.2, 0.25) is 0 Å². The van der Waals surface area contributed by atoms with Gasteiger partial charge in [0.15, 0.2) is 11.5 Å². The smallest absolute Gasteiger partial charge is 0.328 e. The first kappa shape index (κ1) is 14.6. The number of methoxy groups -OCH3 is 1. The van der Waals surface area contributed by atoms with Crippen molar-refractivity contribution in [2.75, 3.05) is 7.11 Å². The monoisotopic (exact) mass is 288 g/mol. The fourth-order valence-electron chi connectivity index (χ4n) is 1.77. The summed E-state index contributed by atoms with van der Waals surface area (Å²) < 4.78 is 12.6. The van der Waals surface area contributed by atoms with Gasteiger partial charge in [-0.25, -0.2) is 4.79 Å². The molecular weight excluding hydrogens is 272 g/mol. The summed E-state index contributed by atoms with van der Waals surface area (Å²) in [5, 5.41) is 12.8. The molecule has 0 fully saturated rings. The first-order valence-electron chi connectivity index (χ1n) is 6.29. The quantitative estimate of drug-likeness (QED) is 0.824. The minimum absolute atomic E-state index is 0.335. The number of aromatic nitrogens is 2. The van der Waals surface area contributed by atoms with E-state index in [0.717, 1.165) is 17.3 Å². The lowest BCUT2D eigenvalue weighted by molar-refractivity contribution is -0.131. The number of aliphatic carboxylic acids is 1. The van der Waals surface area contributed by atoms with Crippen LogP contribution in [-0.4, -0.2) is 28.0 Å². The van der Waals surface area contributed by atoms with Gasteiger partial charge in [-0.2, -0.15) is 5.10 Å². The van der Waals surface area contributed by atoms with Crippen LogP contribution in [0.5, 0.6) is 11.5 Å². The van der Waals surface area contributed by atoms with Gasteiger partial charge in [0.05, 0.1) is 12.8 Å². The van der Waals surface area contributed by atoms with E-state index < -0.39 is 5.97 Å². The number of carboxylic acid groups (broad SMARTS) is 1. The lowest BCUT2D eigenvalue weighted by Gasteiger charge is -2.10. The third-order valence-electron chi connectivity index (χ3n) is 2.75. The second kappa shape index (κ2) is 6.60. The van der Waals surface area contributed by atoms with Crippen LogP contribution in [0.25, 0.3) is 6.08 Å². The van der Waals surface area contributed by atoms with Crippen molar-refractivity contribution in [1.82, 2.24) is 9.78 Å². The van der Waals surface area contributed by atoms with Gasteiger partial charge in [-0.05, 0) is 29.8 Å². The lowest BCUT2D eigenvalue weighted by atomic mass is 10.2. The first-order chi connectivity index (χ1) is 10.1. The Morgan fingerprint density at radius 1 is 1.38 bits per heavy atom. The zero-order valence-electron chi connectivity index (χ0n) is 11.8. The maximum atomic E-state index is 10.5. The van der Waals surface area contributed by atoms with Gasteiger partial charge in [-0.3, -0.25) is 4.68 Å². The largest absolute Gasteiger partial charge is 0.493 e. The summed E-state index contributed by atoms with van der Waals surface area (Å²) in [6.07, 6.45) is 4.41. The van der Waals surface area contributed by atoms with Gasteiger partial charge in [0, 0.05) is 19.3 Å². The van der Waals surface area contributed by atoms with Crippen molar-refractivity contribution in [1.29, 1.82) is 0 Å². The van der Waals surface area contributed by atoms with Crippen molar-refractivity contribution in [3.8, 4) is 11.5 Å². The van der Waals surface area contributed by atoms with Crippen molar-refractivity contribution >= 4 is 12.0 Å². The molecule has 6 heteroatoms. The molecule has 1 aromatic carbocycles. The summed E-state index contributed by atoms with van der Waals surface area (Å²) in [5.74, 6) is 0.124. The average Bonchev–Trinajstić information content (AvgIpc) is 2.88. The molecule has 2 rings (SSSR count). The second-order valence-electron chi connectivity index (χ2n) is 4.35. The van der Waals surface area contributed by atoms with E-state index in [1.165, 1.54) is 13.2 Å². The highest BCUT2D eigenvalue weighted by Crippen LogP contribution is 2.29. The highest BCUT2D eigenvalue weighted by atomic mass is 16.5. The molecule has 0 spiro atoms. The molecule has 0 saturated carbocycles. The Morgan fingerprint density at radius 2 is 2.19 bits per heavy atom.